The lowest BCUT2D eigenvalue weighted by Gasteiger charge is -2.02. The third-order valence-corrected chi connectivity index (χ3v) is 5.30. The summed E-state index contributed by atoms with van der Waals surface area (Å²) in [6.45, 7) is 0. The van der Waals surface area contributed by atoms with Crippen LogP contribution in [-0.4, -0.2) is 22.3 Å². The van der Waals surface area contributed by atoms with Crippen LogP contribution >= 0.6 is 0 Å². The van der Waals surface area contributed by atoms with Gasteiger partial charge in [0.15, 0.2) is 0 Å². The molecule has 0 spiro atoms. The van der Waals surface area contributed by atoms with Crippen molar-refractivity contribution in [3.63, 3.8) is 0 Å². The Morgan fingerprint density at radius 2 is 1.47 bits per heavy atom. The molecule has 5 nitrogen and oxygen atoms in total. The van der Waals surface area contributed by atoms with Gasteiger partial charge in [-0.1, -0.05) is 97.1 Å². The van der Waals surface area contributed by atoms with Gasteiger partial charge in [0.05, 0.1) is 11.9 Å². The van der Waals surface area contributed by atoms with E-state index in [1.807, 2.05) is 84.9 Å². The molecule has 154 valence electrons. The van der Waals surface area contributed by atoms with Gasteiger partial charge >= 0.3 is 0 Å². The number of H-pyrrole nitrogens is 1. The molecule has 2 N–H and O–H groups in total. The highest BCUT2D eigenvalue weighted by atomic mass is 16.2. The molecule has 5 rings (SSSR count). The van der Waals surface area contributed by atoms with E-state index in [1.54, 1.807) is 12.3 Å². The third kappa shape index (κ3) is 4.04. The highest BCUT2D eigenvalue weighted by molar-refractivity contribution is 6.00. The second kappa shape index (κ2) is 8.70. The molecule has 1 heterocycles. The standard InChI is InChI=1S/C27H20N4O/c32-27(31-28-18-23-11-6-10-21-9-4-5-12-24(21)23)26-17-25(29-30-26)22-15-13-20(14-16-22)19-7-2-1-3-8-19/h1-18H,(H,29,30)(H,31,32)/b28-18+. The SMILES string of the molecule is O=C(N/N=C/c1cccc2ccccc12)c1cc(-c2ccc(-c3ccccc3)cc2)n[nH]1. The molecule has 0 fully saturated rings. The minimum absolute atomic E-state index is 0.346. The molecule has 32 heavy (non-hydrogen) atoms. The van der Waals surface area contributed by atoms with E-state index in [1.165, 1.54) is 0 Å². The van der Waals surface area contributed by atoms with Gasteiger partial charge in [-0.3, -0.25) is 9.89 Å². The van der Waals surface area contributed by atoms with Gasteiger partial charge in [-0.15, -0.1) is 0 Å². The van der Waals surface area contributed by atoms with Crippen LogP contribution < -0.4 is 5.43 Å². The van der Waals surface area contributed by atoms with Crippen molar-refractivity contribution < 1.29 is 4.79 Å². The van der Waals surface area contributed by atoms with E-state index >= 15 is 0 Å². The number of aromatic nitrogens is 2. The van der Waals surface area contributed by atoms with Gasteiger partial charge in [0, 0.05) is 11.1 Å². The number of carbonyl (C=O) groups excluding carboxylic acids is 1. The molecule has 0 unspecified atom stereocenters. The van der Waals surface area contributed by atoms with E-state index < -0.39 is 0 Å². The molecule has 1 amide bonds. The fourth-order valence-electron chi connectivity index (χ4n) is 3.63. The summed E-state index contributed by atoms with van der Waals surface area (Å²) in [6.07, 6.45) is 1.65. The van der Waals surface area contributed by atoms with Gasteiger partial charge in [-0.25, -0.2) is 5.43 Å². The van der Waals surface area contributed by atoms with Gasteiger partial charge in [0.2, 0.25) is 0 Å². The number of rotatable bonds is 5. The number of amides is 1. The smallest absolute Gasteiger partial charge is 0.272 e. The second-order valence-corrected chi connectivity index (χ2v) is 7.38. The molecule has 0 aliphatic rings. The molecule has 0 aliphatic carbocycles. The zero-order valence-corrected chi connectivity index (χ0v) is 17.2. The lowest BCUT2D eigenvalue weighted by atomic mass is 10.0. The van der Waals surface area contributed by atoms with Crippen LogP contribution in [0.5, 0.6) is 0 Å². The molecular weight excluding hydrogens is 396 g/mol. The summed E-state index contributed by atoms with van der Waals surface area (Å²) < 4.78 is 0. The average Bonchev–Trinajstić information content (AvgIpc) is 3.35. The van der Waals surface area contributed by atoms with E-state index in [9.17, 15) is 4.79 Å². The van der Waals surface area contributed by atoms with Crippen LogP contribution in [0, 0.1) is 0 Å². The Morgan fingerprint density at radius 1 is 0.781 bits per heavy atom. The predicted molar refractivity (Wildman–Crippen MR) is 128 cm³/mol. The first kappa shape index (κ1) is 19.5. The average molecular weight is 416 g/mol. The quantitative estimate of drug-likeness (QED) is 0.287. The largest absolute Gasteiger partial charge is 0.289 e. The molecule has 0 saturated heterocycles. The number of hydrazone groups is 1. The van der Waals surface area contributed by atoms with Gasteiger partial charge in [-0.05, 0) is 28.0 Å². The molecule has 0 aliphatic heterocycles. The highest BCUT2D eigenvalue weighted by Gasteiger charge is 2.10. The fourth-order valence-corrected chi connectivity index (χ4v) is 3.63. The van der Waals surface area contributed by atoms with Crippen molar-refractivity contribution in [1.29, 1.82) is 0 Å². The molecule has 0 radical (unpaired) electrons. The van der Waals surface area contributed by atoms with E-state index in [4.69, 9.17) is 0 Å². The maximum Gasteiger partial charge on any atom is 0.289 e. The van der Waals surface area contributed by atoms with E-state index in [0.717, 1.165) is 33.0 Å². The Hall–Kier alpha value is -4.51. The van der Waals surface area contributed by atoms with Crippen LogP contribution in [0.25, 0.3) is 33.2 Å². The van der Waals surface area contributed by atoms with Crippen LogP contribution in [0.3, 0.4) is 0 Å². The number of hydrogen-bond acceptors (Lipinski definition) is 3. The summed E-state index contributed by atoms with van der Waals surface area (Å²) >= 11 is 0. The molecule has 4 aromatic carbocycles. The van der Waals surface area contributed by atoms with Crippen molar-refractivity contribution in [2.45, 2.75) is 0 Å². The Morgan fingerprint density at radius 3 is 2.31 bits per heavy atom. The number of carbonyl (C=O) groups is 1. The number of fused-ring (bicyclic) bond motifs is 1. The van der Waals surface area contributed by atoms with E-state index in [0.29, 0.717) is 11.4 Å². The molecule has 1 aromatic heterocycles. The maximum atomic E-state index is 12.5. The van der Waals surface area contributed by atoms with Crippen LogP contribution in [0.4, 0.5) is 0 Å². The second-order valence-electron chi connectivity index (χ2n) is 7.38. The third-order valence-electron chi connectivity index (χ3n) is 5.30. The number of aromatic amines is 1. The van der Waals surface area contributed by atoms with Crippen LogP contribution in [0.15, 0.2) is 108 Å². The highest BCUT2D eigenvalue weighted by Crippen LogP contribution is 2.24. The summed E-state index contributed by atoms with van der Waals surface area (Å²) in [4.78, 5) is 12.5. The van der Waals surface area contributed by atoms with Gasteiger partial charge in [0.25, 0.3) is 5.91 Å². The Kier molecular flexibility index (Phi) is 5.29. The number of nitrogens with one attached hydrogen (secondary N) is 2. The fraction of sp³-hybridized carbons (Fsp3) is 0. The summed E-state index contributed by atoms with van der Waals surface area (Å²) in [7, 11) is 0. The Bertz CT molecular complexity index is 1400. The molecule has 5 aromatic rings. The van der Waals surface area contributed by atoms with Crippen LogP contribution in [0.2, 0.25) is 0 Å². The van der Waals surface area contributed by atoms with Crippen molar-refractivity contribution in [3.8, 4) is 22.4 Å². The lowest BCUT2D eigenvalue weighted by molar-refractivity contribution is 0.0950. The van der Waals surface area contributed by atoms with Crippen molar-refractivity contribution >= 4 is 22.9 Å². The van der Waals surface area contributed by atoms with E-state index in [2.05, 4.69) is 32.9 Å². The summed E-state index contributed by atoms with van der Waals surface area (Å²) in [5.41, 5.74) is 7.77. The first-order valence-corrected chi connectivity index (χ1v) is 10.3. The Labute approximate surface area is 185 Å². The zero-order chi connectivity index (χ0) is 21.8. The van der Waals surface area contributed by atoms with Crippen LogP contribution in [0.1, 0.15) is 16.1 Å². The molecular formula is C27H20N4O. The normalized spacial score (nSPS) is 11.1. The lowest BCUT2D eigenvalue weighted by Crippen LogP contribution is -2.18. The summed E-state index contributed by atoms with van der Waals surface area (Å²) in [5, 5.41) is 13.4. The summed E-state index contributed by atoms with van der Waals surface area (Å²) in [5.74, 6) is -0.346. The van der Waals surface area contributed by atoms with Gasteiger partial charge in [-0.2, -0.15) is 10.2 Å². The Balaban J connectivity index is 1.28. The maximum absolute atomic E-state index is 12.5. The van der Waals surface area contributed by atoms with E-state index in [-0.39, 0.29) is 5.91 Å². The number of benzene rings is 4. The van der Waals surface area contributed by atoms with Crippen LogP contribution in [-0.2, 0) is 0 Å². The number of nitrogens with zero attached hydrogens (tertiary/aromatic N) is 2. The predicted octanol–water partition coefficient (Wildman–Crippen LogP) is 5.66. The van der Waals surface area contributed by atoms with Crippen molar-refractivity contribution in [2.75, 3.05) is 0 Å². The van der Waals surface area contributed by atoms with Crippen molar-refractivity contribution in [2.24, 2.45) is 5.10 Å². The molecule has 5 heteroatoms. The molecule has 0 saturated carbocycles. The monoisotopic (exact) mass is 416 g/mol. The molecule has 0 atom stereocenters. The minimum atomic E-state index is -0.346. The first-order valence-electron chi connectivity index (χ1n) is 10.3. The first-order chi connectivity index (χ1) is 15.8. The van der Waals surface area contributed by atoms with Crippen molar-refractivity contribution in [1.82, 2.24) is 15.6 Å². The van der Waals surface area contributed by atoms with Crippen molar-refractivity contribution in [3.05, 3.63) is 114 Å². The number of hydrogen-bond donors (Lipinski definition) is 2. The van der Waals surface area contributed by atoms with Gasteiger partial charge < -0.3 is 0 Å². The summed E-state index contributed by atoms with van der Waals surface area (Å²) in [6, 6.07) is 34.0. The zero-order valence-electron chi connectivity index (χ0n) is 17.2. The minimum Gasteiger partial charge on any atom is -0.272 e. The van der Waals surface area contributed by atoms with Gasteiger partial charge in [0.1, 0.15) is 5.69 Å². The molecule has 0 bridgehead atoms. The topological polar surface area (TPSA) is 70.1 Å².